The van der Waals surface area contributed by atoms with Crippen molar-refractivity contribution in [2.24, 2.45) is 5.41 Å². The van der Waals surface area contributed by atoms with Gasteiger partial charge in [0.1, 0.15) is 0 Å². The van der Waals surface area contributed by atoms with Crippen LogP contribution >= 0.6 is 15.9 Å². The van der Waals surface area contributed by atoms with Crippen LogP contribution in [0.4, 0.5) is 5.69 Å². The Morgan fingerprint density at radius 2 is 2.20 bits per heavy atom. The fraction of sp³-hybridized carbons (Fsp3) is 0.500. The van der Waals surface area contributed by atoms with Crippen molar-refractivity contribution in [3.8, 4) is 0 Å². The summed E-state index contributed by atoms with van der Waals surface area (Å²) < 4.78 is 6.39. The predicted octanol–water partition coefficient (Wildman–Crippen LogP) is 3.21. The monoisotopic (exact) mass is 269 g/mol. The molecule has 2 nitrogen and oxygen atoms in total. The lowest BCUT2D eigenvalue weighted by atomic mass is 9.88. The quantitative estimate of drug-likeness (QED) is 0.910. The van der Waals surface area contributed by atoms with E-state index in [2.05, 4.69) is 53.3 Å². The summed E-state index contributed by atoms with van der Waals surface area (Å²) >= 11 is 3.53. The molecule has 0 amide bonds. The van der Waals surface area contributed by atoms with E-state index in [-0.39, 0.29) is 0 Å². The lowest BCUT2D eigenvalue weighted by Gasteiger charge is -2.38. The molecule has 0 saturated carbocycles. The second kappa shape index (κ2) is 4.14. The first kappa shape index (κ1) is 11.0. The summed E-state index contributed by atoms with van der Waals surface area (Å²) in [5.74, 6) is 0. The van der Waals surface area contributed by atoms with Crippen molar-refractivity contribution in [2.45, 2.75) is 13.8 Å². The number of nitrogens with one attached hydrogen (secondary N) is 1. The van der Waals surface area contributed by atoms with E-state index >= 15 is 0 Å². The number of benzene rings is 1. The molecule has 1 aromatic carbocycles. The molecular weight excluding hydrogens is 254 g/mol. The molecule has 1 aliphatic rings. The van der Waals surface area contributed by atoms with Crippen LogP contribution < -0.4 is 5.32 Å². The van der Waals surface area contributed by atoms with E-state index < -0.39 is 0 Å². The Hall–Kier alpha value is -0.540. The Balaban J connectivity index is 2.01. The highest BCUT2D eigenvalue weighted by Gasteiger charge is 2.32. The van der Waals surface area contributed by atoms with Crippen molar-refractivity contribution < 1.29 is 4.74 Å². The van der Waals surface area contributed by atoms with Crippen molar-refractivity contribution in [1.82, 2.24) is 0 Å². The molecule has 0 aromatic heterocycles. The van der Waals surface area contributed by atoms with Crippen LogP contribution in [0.5, 0.6) is 0 Å². The van der Waals surface area contributed by atoms with Gasteiger partial charge in [0.15, 0.2) is 0 Å². The number of hydrogen-bond acceptors (Lipinski definition) is 2. The zero-order valence-corrected chi connectivity index (χ0v) is 10.7. The minimum Gasteiger partial charge on any atom is -0.384 e. The molecular formula is C12H16BrNO. The zero-order chi connectivity index (χ0) is 10.9. The van der Waals surface area contributed by atoms with E-state index in [1.54, 1.807) is 0 Å². The Bertz CT molecular complexity index is 361. The molecule has 0 radical (unpaired) electrons. The van der Waals surface area contributed by atoms with Gasteiger partial charge in [-0.25, -0.2) is 0 Å². The number of ether oxygens (including phenoxy) is 1. The van der Waals surface area contributed by atoms with Crippen LogP contribution in [-0.2, 0) is 4.74 Å². The van der Waals surface area contributed by atoms with Gasteiger partial charge in [-0.3, -0.25) is 0 Å². The van der Waals surface area contributed by atoms with Gasteiger partial charge in [-0.05, 0) is 24.6 Å². The van der Waals surface area contributed by atoms with Gasteiger partial charge in [-0.1, -0.05) is 28.9 Å². The molecule has 3 heteroatoms. The molecule has 1 fully saturated rings. The standard InChI is InChI=1S/C12H16BrNO/c1-9-10(13)4-3-5-11(9)14-6-12(2)7-15-8-12/h3-5,14H,6-8H2,1-2H3. The molecule has 1 N–H and O–H groups in total. The number of rotatable bonds is 3. The van der Waals surface area contributed by atoms with Crippen LogP contribution in [0.15, 0.2) is 22.7 Å². The Morgan fingerprint density at radius 1 is 1.47 bits per heavy atom. The average molecular weight is 270 g/mol. The Kier molecular flexibility index (Phi) is 3.03. The molecule has 0 aliphatic carbocycles. The molecule has 0 unspecified atom stereocenters. The average Bonchev–Trinajstić information content (AvgIpc) is 2.17. The van der Waals surface area contributed by atoms with Gasteiger partial charge in [0.05, 0.1) is 13.2 Å². The molecule has 0 atom stereocenters. The largest absolute Gasteiger partial charge is 0.384 e. The van der Waals surface area contributed by atoms with E-state index in [0.29, 0.717) is 5.41 Å². The van der Waals surface area contributed by atoms with Crippen molar-refractivity contribution in [3.05, 3.63) is 28.2 Å². The third-order valence-corrected chi connectivity index (χ3v) is 3.73. The van der Waals surface area contributed by atoms with Gasteiger partial charge in [0, 0.05) is 22.1 Å². The first-order valence-electron chi connectivity index (χ1n) is 5.17. The SMILES string of the molecule is Cc1c(Br)cccc1NCC1(C)COC1. The van der Waals surface area contributed by atoms with E-state index in [0.717, 1.165) is 24.2 Å². The summed E-state index contributed by atoms with van der Waals surface area (Å²) in [6.07, 6.45) is 0. The Labute approximate surface area is 99.1 Å². The fourth-order valence-electron chi connectivity index (χ4n) is 1.66. The Morgan fingerprint density at radius 3 is 2.80 bits per heavy atom. The zero-order valence-electron chi connectivity index (χ0n) is 9.14. The summed E-state index contributed by atoms with van der Waals surface area (Å²) in [6, 6.07) is 6.23. The first-order valence-corrected chi connectivity index (χ1v) is 5.97. The number of anilines is 1. The normalized spacial score (nSPS) is 18.3. The van der Waals surface area contributed by atoms with E-state index in [9.17, 15) is 0 Å². The van der Waals surface area contributed by atoms with Crippen LogP contribution in [0, 0.1) is 12.3 Å². The lowest BCUT2D eigenvalue weighted by molar-refractivity contribution is -0.0924. The van der Waals surface area contributed by atoms with Gasteiger partial charge in [-0.15, -0.1) is 0 Å². The highest BCUT2D eigenvalue weighted by molar-refractivity contribution is 9.10. The molecule has 1 saturated heterocycles. The molecule has 0 bridgehead atoms. The highest BCUT2D eigenvalue weighted by atomic mass is 79.9. The van der Waals surface area contributed by atoms with Crippen molar-refractivity contribution in [2.75, 3.05) is 25.1 Å². The summed E-state index contributed by atoms with van der Waals surface area (Å²) in [6.45, 7) is 7.08. The summed E-state index contributed by atoms with van der Waals surface area (Å²) in [5, 5.41) is 3.49. The smallest absolute Gasteiger partial charge is 0.0559 e. The van der Waals surface area contributed by atoms with Crippen molar-refractivity contribution in [1.29, 1.82) is 0 Å². The third kappa shape index (κ3) is 2.34. The number of hydrogen-bond donors (Lipinski definition) is 1. The van der Waals surface area contributed by atoms with Gasteiger partial charge < -0.3 is 10.1 Å². The van der Waals surface area contributed by atoms with Crippen LogP contribution in [0.2, 0.25) is 0 Å². The maximum absolute atomic E-state index is 5.23. The second-order valence-electron chi connectivity index (χ2n) is 4.57. The van der Waals surface area contributed by atoms with Gasteiger partial charge in [-0.2, -0.15) is 0 Å². The summed E-state index contributed by atoms with van der Waals surface area (Å²) in [7, 11) is 0. The highest BCUT2D eigenvalue weighted by Crippen LogP contribution is 2.29. The lowest BCUT2D eigenvalue weighted by Crippen LogP contribution is -2.45. The van der Waals surface area contributed by atoms with E-state index in [1.165, 1.54) is 11.3 Å². The molecule has 82 valence electrons. The minimum absolute atomic E-state index is 0.314. The van der Waals surface area contributed by atoms with Crippen molar-refractivity contribution >= 4 is 21.6 Å². The van der Waals surface area contributed by atoms with Gasteiger partial charge in [0.25, 0.3) is 0 Å². The maximum atomic E-state index is 5.23. The van der Waals surface area contributed by atoms with Gasteiger partial charge >= 0.3 is 0 Å². The van der Waals surface area contributed by atoms with E-state index in [4.69, 9.17) is 4.74 Å². The topological polar surface area (TPSA) is 21.3 Å². The minimum atomic E-state index is 0.314. The fourth-order valence-corrected chi connectivity index (χ4v) is 2.03. The predicted molar refractivity (Wildman–Crippen MR) is 66.3 cm³/mol. The van der Waals surface area contributed by atoms with E-state index in [1.807, 2.05) is 0 Å². The molecule has 15 heavy (non-hydrogen) atoms. The molecule has 1 aromatic rings. The van der Waals surface area contributed by atoms with Crippen LogP contribution in [0.25, 0.3) is 0 Å². The molecule has 0 spiro atoms. The maximum Gasteiger partial charge on any atom is 0.0559 e. The summed E-state index contributed by atoms with van der Waals surface area (Å²) in [5.41, 5.74) is 2.79. The first-order chi connectivity index (χ1) is 7.11. The number of halogens is 1. The molecule has 1 aliphatic heterocycles. The third-order valence-electron chi connectivity index (χ3n) is 2.87. The molecule has 1 heterocycles. The van der Waals surface area contributed by atoms with Crippen LogP contribution in [0.3, 0.4) is 0 Å². The molecule has 2 rings (SSSR count). The van der Waals surface area contributed by atoms with Crippen molar-refractivity contribution in [3.63, 3.8) is 0 Å². The second-order valence-corrected chi connectivity index (χ2v) is 5.42. The van der Waals surface area contributed by atoms with Gasteiger partial charge in [0.2, 0.25) is 0 Å². The van der Waals surface area contributed by atoms with Crippen LogP contribution in [0.1, 0.15) is 12.5 Å². The van der Waals surface area contributed by atoms with Crippen LogP contribution in [-0.4, -0.2) is 19.8 Å². The summed E-state index contributed by atoms with van der Waals surface area (Å²) in [4.78, 5) is 0.